The molecule has 0 aromatic carbocycles. The Morgan fingerprint density at radius 1 is 1.04 bits per heavy atom. The van der Waals surface area contributed by atoms with Gasteiger partial charge in [-0.2, -0.15) is 11.8 Å². The summed E-state index contributed by atoms with van der Waals surface area (Å²) in [5, 5.41) is 15.5. The van der Waals surface area contributed by atoms with E-state index in [1.807, 2.05) is 0 Å². The van der Waals surface area contributed by atoms with Crippen molar-refractivity contribution in [2.24, 2.45) is 40.4 Å². The zero-order chi connectivity index (χ0) is 19.5. The molecule has 0 amide bonds. The molecule has 0 bridgehead atoms. The molecular formula is C24H39NO2S. The number of hydrogen-bond donors (Lipinski definition) is 2. The van der Waals surface area contributed by atoms with E-state index in [9.17, 15) is 9.90 Å². The number of rotatable bonds is 3. The number of thioether (sulfide) groups is 1. The molecule has 3 nitrogen and oxygen atoms in total. The van der Waals surface area contributed by atoms with E-state index in [4.69, 9.17) is 0 Å². The van der Waals surface area contributed by atoms with E-state index in [2.05, 4.69) is 30.9 Å². The Morgan fingerprint density at radius 2 is 1.89 bits per heavy atom. The van der Waals surface area contributed by atoms with E-state index < -0.39 is 0 Å². The normalized spacial score (nSPS) is 53.5. The zero-order valence-corrected chi connectivity index (χ0v) is 18.6. The summed E-state index contributed by atoms with van der Waals surface area (Å²) in [6, 6.07) is 0. The van der Waals surface area contributed by atoms with Crippen LogP contribution in [0.5, 0.6) is 0 Å². The molecule has 4 aliphatic carbocycles. The lowest BCUT2D eigenvalue weighted by Crippen LogP contribution is -2.57. The van der Waals surface area contributed by atoms with Crippen LogP contribution in [0.4, 0.5) is 0 Å². The molecule has 4 heteroatoms. The molecule has 28 heavy (non-hydrogen) atoms. The molecule has 0 aromatic rings. The Bertz CT molecular complexity index is 620. The first-order valence-corrected chi connectivity index (χ1v) is 12.9. The third kappa shape index (κ3) is 2.95. The van der Waals surface area contributed by atoms with Crippen LogP contribution in [0.25, 0.3) is 0 Å². The second-order valence-corrected chi connectivity index (χ2v) is 12.8. The zero-order valence-electron chi connectivity index (χ0n) is 17.8. The van der Waals surface area contributed by atoms with Crippen LogP contribution in [-0.2, 0) is 4.79 Å². The van der Waals surface area contributed by atoms with Crippen LogP contribution < -0.4 is 5.32 Å². The van der Waals surface area contributed by atoms with Crippen molar-refractivity contribution < 1.29 is 9.90 Å². The summed E-state index contributed by atoms with van der Waals surface area (Å²) in [5.74, 6) is 3.71. The maximum absolute atomic E-state index is 12.7. The number of nitrogens with one attached hydrogen (secondary N) is 1. The van der Waals surface area contributed by atoms with Crippen LogP contribution in [0.2, 0.25) is 0 Å². The first-order valence-electron chi connectivity index (χ1n) is 12.0. The molecule has 1 aliphatic heterocycles. The first kappa shape index (κ1) is 19.9. The van der Waals surface area contributed by atoms with E-state index in [1.54, 1.807) is 0 Å². The minimum Gasteiger partial charge on any atom is -0.396 e. The van der Waals surface area contributed by atoms with Gasteiger partial charge < -0.3 is 10.4 Å². The van der Waals surface area contributed by atoms with Crippen LogP contribution in [0.1, 0.15) is 71.6 Å². The molecule has 0 spiro atoms. The van der Waals surface area contributed by atoms with E-state index in [1.165, 1.54) is 51.6 Å². The molecule has 9 atom stereocenters. The molecule has 5 fully saturated rings. The average molecular weight is 406 g/mol. The van der Waals surface area contributed by atoms with Crippen LogP contribution in [0.15, 0.2) is 0 Å². The van der Waals surface area contributed by atoms with Gasteiger partial charge in [0.05, 0.1) is 0 Å². The molecular weight excluding hydrogens is 366 g/mol. The van der Waals surface area contributed by atoms with Gasteiger partial charge >= 0.3 is 0 Å². The molecule has 4 saturated carbocycles. The molecule has 158 valence electrons. The fourth-order valence-corrected chi connectivity index (χ4v) is 10.2. The summed E-state index contributed by atoms with van der Waals surface area (Å²) in [7, 11) is 0. The van der Waals surface area contributed by atoms with E-state index in [0.29, 0.717) is 41.5 Å². The van der Waals surface area contributed by atoms with E-state index in [0.717, 1.165) is 35.7 Å². The number of carbonyl (C=O) groups is 1. The number of aliphatic hydroxyl groups is 1. The third-order valence-corrected chi connectivity index (χ3v) is 11.7. The van der Waals surface area contributed by atoms with Crippen molar-refractivity contribution in [1.29, 1.82) is 0 Å². The van der Waals surface area contributed by atoms with Crippen molar-refractivity contribution in [3.05, 3.63) is 0 Å². The molecule has 2 unspecified atom stereocenters. The lowest BCUT2D eigenvalue weighted by Gasteiger charge is -2.62. The lowest BCUT2D eigenvalue weighted by molar-refractivity contribution is -0.149. The van der Waals surface area contributed by atoms with Crippen molar-refractivity contribution >= 4 is 17.5 Å². The summed E-state index contributed by atoms with van der Waals surface area (Å²) in [6.07, 6.45) is 10.8. The molecule has 0 radical (unpaired) electrons. The maximum atomic E-state index is 12.7. The number of aliphatic hydroxyl groups excluding tert-OH is 1. The van der Waals surface area contributed by atoms with Gasteiger partial charge in [-0.25, -0.2) is 0 Å². The Kier molecular flexibility index (Phi) is 5.16. The number of carbonyl (C=O) groups excluding carboxylic acids is 1. The lowest BCUT2D eigenvalue weighted by atomic mass is 9.43. The van der Waals surface area contributed by atoms with Crippen LogP contribution in [-0.4, -0.2) is 41.1 Å². The standard InChI is InChI=1S/C24H39NO2S/c1-23-8-5-16(28-17-7-10-25-13-17)12-21(23)15(14-26)11-18-19-3-4-22(27)24(19,2)9-6-20(18)23/h15-21,25-26H,3-14H2,1-2H3/t15-,16-,17?,18+,19+,20+,21?,23-,24+/m1/s1. The van der Waals surface area contributed by atoms with Gasteiger partial charge in [-0.05, 0) is 92.9 Å². The van der Waals surface area contributed by atoms with Gasteiger partial charge in [0.15, 0.2) is 0 Å². The molecule has 2 N–H and O–H groups in total. The van der Waals surface area contributed by atoms with Gasteiger partial charge in [0.1, 0.15) is 5.78 Å². The minimum absolute atomic E-state index is 0.0487. The van der Waals surface area contributed by atoms with Gasteiger partial charge in [-0.15, -0.1) is 0 Å². The fourth-order valence-electron chi connectivity index (χ4n) is 8.58. The van der Waals surface area contributed by atoms with Crippen molar-refractivity contribution in [1.82, 2.24) is 5.32 Å². The quantitative estimate of drug-likeness (QED) is 0.736. The first-order chi connectivity index (χ1) is 13.5. The van der Waals surface area contributed by atoms with Crippen LogP contribution >= 0.6 is 11.8 Å². The summed E-state index contributed by atoms with van der Waals surface area (Å²) in [4.78, 5) is 12.7. The largest absolute Gasteiger partial charge is 0.396 e. The van der Waals surface area contributed by atoms with Gasteiger partial charge in [0.25, 0.3) is 0 Å². The monoisotopic (exact) mass is 405 g/mol. The SMILES string of the molecule is C[C@]12CC[C@@H](SC3CCNC3)CC1[C@@H](CO)C[C@@H]1[C@@H]2CC[C@]2(C)C(=O)CC[C@@H]12. The Hall–Kier alpha value is -0.0600. The highest BCUT2D eigenvalue weighted by atomic mass is 32.2. The van der Waals surface area contributed by atoms with Gasteiger partial charge in [-0.1, -0.05) is 13.8 Å². The Morgan fingerprint density at radius 3 is 2.64 bits per heavy atom. The summed E-state index contributed by atoms with van der Waals surface area (Å²) < 4.78 is 0. The molecule has 1 saturated heterocycles. The Labute approximate surface area is 175 Å². The van der Waals surface area contributed by atoms with Crippen molar-refractivity contribution in [3.8, 4) is 0 Å². The minimum atomic E-state index is -0.0487. The molecule has 5 rings (SSSR count). The number of hydrogen-bond acceptors (Lipinski definition) is 4. The molecule has 1 heterocycles. The maximum Gasteiger partial charge on any atom is 0.139 e. The second-order valence-electron chi connectivity index (χ2n) is 11.2. The third-order valence-electron chi connectivity index (χ3n) is 10.1. The van der Waals surface area contributed by atoms with Crippen molar-refractivity contribution in [2.75, 3.05) is 19.7 Å². The highest BCUT2D eigenvalue weighted by Gasteiger charge is 2.62. The summed E-state index contributed by atoms with van der Waals surface area (Å²) >= 11 is 2.25. The second kappa shape index (κ2) is 7.27. The average Bonchev–Trinajstić information content (AvgIpc) is 3.30. The molecule has 0 aromatic heterocycles. The highest BCUT2D eigenvalue weighted by molar-refractivity contribution is 8.00. The number of Topliss-reactive ketones (excluding diaryl/α,β-unsaturated/α-hetero) is 1. The smallest absolute Gasteiger partial charge is 0.139 e. The van der Waals surface area contributed by atoms with E-state index in [-0.39, 0.29) is 5.41 Å². The van der Waals surface area contributed by atoms with Crippen LogP contribution in [0.3, 0.4) is 0 Å². The predicted octanol–water partition coefficient (Wildman–Crippen LogP) is 4.28. The molecule has 5 aliphatic rings. The van der Waals surface area contributed by atoms with Crippen molar-refractivity contribution in [3.63, 3.8) is 0 Å². The van der Waals surface area contributed by atoms with Gasteiger partial charge in [0.2, 0.25) is 0 Å². The number of fused-ring (bicyclic) bond motifs is 5. The summed E-state index contributed by atoms with van der Waals surface area (Å²) in [5.41, 5.74) is 0.334. The van der Waals surface area contributed by atoms with Gasteiger partial charge in [-0.3, -0.25) is 4.79 Å². The fraction of sp³-hybridized carbons (Fsp3) is 0.958. The Balaban J connectivity index is 1.37. The predicted molar refractivity (Wildman–Crippen MR) is 115 cm³/mol. The van der Waals surface area contributed by atoms with Crippen molar-refractivity contribution in [2.45, 2.75) is 82.1 Å². The number of ketones is 1. The summed E-state index contributed by atoms with van der Waals surface area (Å²) in [6.45, 7) is 7.57. The van der Waals surface area contributed by atoms with E-state index >= 15 is 0 Å². The van der Waals surface area contributed by atoms with Crippen LogP contribution in [0, 0.1) is 40.4 Å². The van der Waals surface area contributed by atoms with Gasteiger partial charge in [0, 0.05) is 35.5 Å². The topological polar surface area (TPSA) is 49.3 Å². The highest BCUT2D eigenvalue weighted by Crippen LogP contribution is 2.67.